The van der Waals surface area contributed by atoms with Crippen molar-refractivity contribution in [3.63, 3.8) is 0 Å². The van der Waals surface area contributed by atoms with E-state index in [1.54, 1.807) is 0 Å². The Morgan fingerprint density at radius 3 is 2.69 bits per heavy atom. The van der Waals surface area contributed by atoms with Crippen LogP contribution in [0.25, 0.3) is 0 Å². The Labute approximate surface area is 161 Å². The predicted molar refractivity (Wildman–Crippen MR) is 109 cm³/mol. The lowest BCUT2D eigenvalue weighted by atomic mass is 9.51. The van der Waals surface area contributed by atoms with Gasteiger partial charge in [-0.3, -0.25) is 0 Å². The molecule has 5 rings (SSSR count). The van der Waals surface area contributed by atoms with Crippen LogP contribution in [0, 0.1) is 35.0 Å². The Balaban J connectivity index is 1.48. The van der Waals surface area contributed by atoms with E-state index in [1.807, 2.05) is 5.57 Å². The molecule has 2 heteroatoms. The van der Waals surface area contributed by atoms with Gasteiger partial charge in [-0.15, -0.1) is 0 Å². The predicted octanol–water partition coefficient (Wildman–Crippen LogP) is 4.86. The summed E-state index contributed by atoms with van der Waals surface area (Å²) in [5.41, 5.74) is 2.34. The average molecular weight is 357 g/mol. The number of rotatable bonds is 1. The second-order valence-electron chi connectivity index (χ2n) is 10.8. The van der Waals surface area contributed by atoms with Gasteiger partial charge in [-0.2, -0.15) is 0 Å². The second-order valence-corrected chi connectivity index (χ2v) is 10.8. The molecule has 2 unspecified atom stereocenters. The van der Waals surface area contributed by atoms with Gasteiger partial charge < -0.3 is 10.2 Å². The fraction of sp³-hybridized carbons (Fsp3) is 0.917. The van der Waals surface area contributed by atoms with Gasteiger partial charge in [0.25, 0.3) is 0 Å². The van der Waals surface area contributed by atoms with Crippen LogP contribution in [0.5, 0.6) is 0 Å². The van der Waals surface area contributed by atoms with Gasteiger partial charge >= 0.3 is 0 Å². The average Bonchev–Trinajstić information content (AvgIpc) is 3.14. The van der Waals surface area contributed by atoms with Gasteiger partial charge in [-0.05, 0) is 107 Å². The SMILES string of the molecule is CN[C@H]1CC[C@@]2(C)C(=CC[C@@H]3C2CCCC2[C@@H]4[C@H]3CC[C@@H]4[C@H](C)N2C)C1. The normalized spacial score (nSPS) is 53.9. The number of nitrogens with one attached hydrogen (secondary N) is 1. The van der Waals surface area contributed by atoms with Crippen LogP contribution in [0.15, 0.2) is 11.6 Å². The van der Waals surface area contributed by atoms with E-state index in [4.69, 9.17) is 0 Å². The lowest BCUT2D eigenvalue weighted by Crippen LogP contribution is -2.48. The van der Waals surface area contributed by atoms with Crippen molar-refractivity contribution in [3.8, 4) is 0 Å². The largest absolute Gasteiger partial charge is 0.317 e. The summed E-state index contributed by atoms with van der Waals surface area (Å²) in [6.07, 6.45) is 15.7. The van der Waals surface area contributed by atoms with Gasteiger partial charge in [0.05, 0.1) is 0 Å². The Morgan fingerprint density at radius 2 is 1.88 bits per heavy atom. The van der Waals surface area contributed by atoms with Gasteiger partial charge in [0.2, 0.25) is 0 Å². The molecule has 0 aromatic rings. The summed E-state index contributed by atoms with van der Waals surface area (Å²) in [7, 11) is 4.59. The number of hydrogen-bond acceptors (Lipinski definition) is 2. The molecule has 1 N–H and O–H groups in total. The molecule has 1 heterocycles. The first-order valence-electron chi connectivity index (χ1n) is 11.6. The number of fused-ring (bicyclic) bond motifs is 4. The van der Waals surface area contributed by atoms with Crippen molar-refractivity contribution in [1.82, 2.24) is 10.2 Å². The van der Waals surface area contributed by atoms with E-state index in [1.165, 1.54) is 57.8 Å². The third-order valence-corrected chi connectivity index (χ3v) is 10.2. The van der Waals surface area contributed by atoms with Crippen LogP contribution in [0.2, 0.25) is 0 Å². The molecule has 0 bridgehead atoms. The smallest absolute Gasteiger partial charge is 0.0129 e. The van der Waals surface area contributed by atoms with Gasteiger partial charge in [0.1, 0.15) is 0 Å². The molecule has 146 valence electrons. The highest BCUT2D eigenvalue weighted by molar-refractivity contribution is 5.25. The van der Waals surface area contributed by atoms with Gasteiger partial charge in [0.15, 0.2) is 0 Å². The molecule has 9 atom stereocenters. The number of allylic oxidation sites excluding steroid dienone is 1. The lowest BCUT2D eigenvalue weighted by molar-refractivity contribution is 0.0213. The molecule has 0 amide bonds. The minimum Gasteiger partial charge on any atom is -0.317 e. The van der Waals surface area contributed by atoms with Crippen LogP contribution in [0.4, 0.5) is 0 Å². The van der Waals surface area contributed by atoms with Crippen LogP contribution >= 0.6 is 0 Å². The first kappa shape index (κ1) is 17.7. The third kappa shape index (κ3) is 2.37. The zero-order valence-corrected chi connectivity index (χ0v) is 17.5. The van der Waals surface area contributed by atoms with E-state index >= 15 is 0 Å². The van der Waals surface area contributed by atoms with Crippen LogP contribution in [-0.2, 0) is 0 Å². The highest BCUT2D eigenvalue weighted by Gasteiger charge is 2.57. The van der Waals surface area contributed by atoms with E-state index in [0.29, 0.717) is 5.41 Å². The Morgan fingerprint density at radius 1 is 1.08 bits per heavy atom. The Hall–Kier alpha value is -0.340. The highest BCUT2D eigenvalue weighted by atomic mass is 15.2. The van der Waals surface area contributed by atoms with Crippen molar-refractivity contribution < 1.29 is 0 Å². The molecular formula is C24H40N2. The van der Waals surface area contributed by atoms with Crippen LogP contribution in [0.1, 0.15) is 71.6 Å². The van der Waals surface area contributed by atoms with Crippen molar-refractivity contribution in [2.24, 2.45) is 35.0 Å². The topological polar surface area (TPSA) is 15.3 Å². The molecule has 5 aliphatic rings. The van der Waals surface area contributed by atoms with Crippen molar-refractivity contribution in [2.75, 3.05) is 14.1 Å². The minimum absolute atomic E-state index is 0.511. The van der Waals surface area contributed by atoms with Crippen molar-refractivity contribution >= 4 is 0 Å². The van der Waals surface area contributed by atoms with Crippen molar-refractivity contribution in [3.05, 3.63) is 11.6 Å². The maximum absolute atomic E-state index is 3.57. The Bertz CT molecular complexity index is 583. The quantitative estimate of drug-likeness (QED) is 0.675. The molecule has 0 spiro atoms. The maximum Gasteiger partial charge on any atom is 0.0129 e. The van der Waals surface area contributed by atoms with E-state index in [0.717, 1.165) is 47.7 Å². The van der Waals surface area contributed by atoms with Crippen molar-refractivity contribution in [2.45, 2.75) is 89.8 Å². The van der Waals surface area contributed by atoms with E-state index in [9.17, 15) is 0 Å². The zero-order chi connectivity index (χ0) is 18.1. The second kappa shape index (κ2) is 6.34. The van der Waals surface area contributed by atoms with Gasteiger partial charge in [-0.1, -0.05) is 25.0 Å². The maximum atomic E-state index is 3.57. The first-order valence-corrected chi connectivity index (χ1v) is 11.6. The van der Waals surface area contributed by atoms with E-state index in [-0.39, 0.29) is 0 Å². The van der Waals surface area contributed by atoms with E-state index in [2.05, 4.69) is 44.2 Å². The molecule has 0 radical (unpaired) electrons. The summed E-state index contributed by atoms with van der Waals surface area (Å²) >= 11 is 0. The van der Waals surface area contributed by atoms with Gasteiger partial charge in [-0.25, -0.2) is 0 Å². The molecule has 1 aliphatic heterocycles. The van der Waals surface area contributed by atoms with Gasteiger partial charge in [0, 0.05) is 18.1 Å². The minimum atomic E-state index is 0.511. The standard InChI is InChI=1S/C24H40N2/c1-15-18-10-11-20-19-9-8-16-14-17(25-3)12-13-24(16,2)21(19)6-5-7-22(23(18)20)26(15)4/h8,15,17-23,25H,5-7,9-14H2,1-4H3/t15-,17-,18+,19-,20-,21?,22?,23-,24-/m0/s1. The monoisotopic (exact) mass is 356 g/mol. The molecule has 3 saturated carbocycles. The summed E-state index contributed by atoms with van der Waals surface area (Å²) < 4.78 is 0. The molecule has 0 aromatic heterocycles. The molecule has 1 saturated heterocycles. The summed E-state index contributed by atoms with van der Waals surface area (Å²) in [5.74, 6) is 4.96. The Kier molecular flexibility index (Phi) is 4.33. The zero-order valence-electron chi connectivity index (χ0n) is 17.5. The summed E-state index contributed by atoms with van der Waals surface area (Å²) in [6, 6.07) is 2.44. The number of likely N-dealkylation sites (tertiary alicyclic amines) is 1. The first-order chi connectivity index (χ1) is 12.5. The van der Waals surface area contributed by atoms with Crippen LogP contribution in [-0.4, -0.2) is 37.1 Å². The number of hydrogen-bond donors (Lipinski definition) is 1. The van der Waals surface area contributed by atoms with Crippen molar-refractivity contribution in [1.29, 1.82) is 0 Å². The molecule has 0 aromatic carbocycles. The third-order valence-electron chi connectivity index (χ3n) is 10.2. The summed E-state index contributed by atoms with van der Waals surface area (Å²) in [6.45, 7) is 5.19. The number of nitrogens with zero attached hydrogens (tertiary/aromatic N) is 1. The summed E-state index contributed by atoms with van der Waals surface area (Å²) in [5, 5.41) is 3.57. The van der Waals surface area contributed by atoms with Crippen LogP contribution in [0.3, 0.4) is 0 Å². The molecule has 4 fully saturated rings. The molecule has 4 aliphatic carbocycles. The molecule has 26 heavy (non-hydrogen) atoms. The lowest BCUT2D eigenvalue weighted by Gasteiger charge is -2.54. The highest BCUT2D eigenvalue weighted by Crippen LogP contribution is 2.62. The summed E-state index contributed by atoms with van der Waals surface area (Å²) in [4.78, 5) is 2.78. The fourth-order valence-electron chi connectivity index (χ4n) is 8.68. The molecular weight excluding hydrogens is 316 g/mol. The van der Waals surface area contributed by atoms with E-state index < -0.39 is 0 Å². The molecule has 2 nitrogen and oxygen atoms in total. The fourth-order valence-corrected chi connectivity index (χ4v) is 8.68. The van der Waals surface area contributed by atoms with Crippen LogP contribution < -0.4 is 5.32 Å².